The number of rotatable bonds is 6. The van der Waals surface area contributed by atoms with Crippen molar-refractivity contribution in [1.82, 2.24) is 0 Å². The standard InChI is InChI=1S/C13H22N2O/c1-4-6-9-15(5-2)11-7-8-12(14)13(10-11)16-3/h7-8,10H,4-6,9,14H2,1-3H3. The zero-order chi connectivity index (χ0) is 12.0. The molecule has 0 amide bonds. The van der Waals surface area contributed by atoms with Crippen LogP contribution in [0.25, 0.3) is 0 Å². The molecule has 3 nitrogen and oxygen atoms in total. The molecule has 0 radical (unpaired) electrons. The molecule has 0 unspecified atom stereocenters. The van der Waals surface area contributed by atoms with E-state index < -0.39 is 0 Å². The van der Waals surface area contributed by atoms with Gasteiger partial charge >= 0.3 is 0 Å². The molecule has 0 aliphatic carbocycles. The van der Waals surface area contributed by atoms with E-state index in [0.717, 1.165) is 18.8 Å². The lowest BCUT2D eigenvalue weighted by Gasteiger charge is -2.23. The number of nitrogens with zero attached hydrogens (tertiary/aromatic N) is 1. The predicted molar refractivity (Wildman–Crippen MR) is 70.2 cm³/mol. The van der Waals surface area contributed by atoms with Crippen molar-refractivity contribution in [2.45, 2.75) is 26.7 Å². The first-order chi connectivity index (χ1) is 7.72. The predicted octanol–water partition coefficient (Wildman–Crippen LogP) is 2.90. The summed E-state index contributed by atoms with van der Waals surface area (Å²) >= 11 is 0. The van der Waals surface area contributed by atoms with Gasteiger partial charge in [-0.1, -0.05) is 13.3 Å². The van der Waals surface area contributed by atoms with Gasteiger partial charge in [-0.05, 0) is 25.5 Å². The minimum absolute atomic E-state index is 0.692. The minimum Gasteiger partial charge on any atom is -0.495 e. The Kier molecular flexibility index (Phi) is 4.96. The van der Waals surface area contributed by atoms with E-state index in [9.17, 15) is 0 Å². The molecule has 0 heterocycles. The normalized spacial score (nSPS) is 10.2. The monoisotopic (exact) mass is 222 g/mol. The van der Waals surface area contributed by atoms with Crippen molar-refractivity contribution < 1.29 is 4.74 Å². The second kappa shape index (κ2) is 6.26. The number of nitrogens with two attached hydrogens (primary N) is 1. The van der Waals surface area contributed by atoms with Gasteiger partial charge in [0.05, 0.1) is 12.8 Å². The van der Waals surface area contributed by atoms with Crippen LogP contribution in [0.4, 0.5) is 11.4 Å². The summed E-state index contributed by atoms with van der Waals surface area (Å²) in [5.41, 5.74) is 7.67. The van der Waals surface area contributed by atoms with E-state index >= 15 is 0 Å². The van der Waals surface area contributed by atoms with Gasteiger partial charge in [0.15, 0.2) is 0 Å². The Morgan fingerprint density at radius 1 is 1.31 bits per heavy atom. The van der Waals surface area contributed by atoms with Crippen LogP contribution < -0.4 is 15.4 Å². The summed E-state index contributed by atoms with van der Waals surface area (Å²) in [4.78, 5) is 2.34. The highest BCUT2D eigenvalue weighted by atomic mass is 16.5. The number of methoxy groups -OCH3 is 1. The summed E-state index contributed by atoms with van der Waals surface area (Å²) in [5.74, 6) is 0.757. The number of benzene rings is 1. The van der Waals surface area contributed by atoms with Gasteiger partial charge in [-0.2, -0.15) is 0 Å². The molecule has 0 aliphatic heterocycles. The molecule has 1 rings (SSSR count). The SMILES string of the molecule is CCCCN(CC)c1ccc(N)c(OC)c1. The number of hydrogen-bond acceptors (Lipinski definition) is 3. The Balaban J connectivity index is 2.83. The fourth-order valence-corrected chi connectivity index (χ4v) is 1.72. The zero-order valence-corrected chi connectivity index (χ0v) is 10.5. The quantitative estimate of drug-likeness (QED) is 0.752. The first-order valence-electron chi connectivity index (χ1n) is 5.91. The molecule has 0 saturated heterocycles. The molecular formula is C13H22N2O. The highest BCUT2D eigenvalue weighted by Gasteiger charge is 2.06. The van der Waals surface area contributed by atoms with Gasteiger partial charge in [-0.3, -0.25) is 0 Å². The van der Waals surface area contributed by atoms with Gasteiger partial charge in [0.25, 0.3) is 0 Å². The lowest BCUT2D eigenvalue weighted by molar-refractivity contribution is 0.417. The van der Waals surface area contributed by atoms with E-state index in [4.69, 9.17) is 10.5 Å². The summed E-state index contributed by atoms with van der Waals surface area (Å²) in [6.45, 7) is 6.46. The van der Waals surface area contributed by atoms with Crippen LogP contribution in [0.15, 0.2) is 18.2 Å². The van der Waals surface area contributed by atoms with E-state index in [2.05, 4.69) is 24.8 Å². The van der Waals surface area contributed by atoms with Crippen molar-refractivity contribution in [1.29, 1.82) is 0 Å². The van der Waals surface area contributed by atoms with Gasteiger partial charge in [-0.15, -0.1) is 0 Å². The van der Waals surface area contributed by atoms with E-state index in [0.29, 0.717) is 5.69 Å². The fourth-order valence-electron chi connectivity index (χ4n) is 1.72. The fraction of sp³-hybridized carbons (Fsp3) is 0.538. The minimum atomic E-state index is 0.692. The van der Waals surface area contributed by atoms with Crippen LogP contribution in [0.5, 0.6) is 5.75 Å². The third-order valence-electron chi connectivity index (χ3n) is 2.75. The Morgan fingerprint density at radius 2 is 2.06 bits per heavy atom. The van der Waals surface area contributed by atoms with Crippen molar-refractivity contribution in [3.8, 4) is 5.75 Å². The van der Waals surface area contributed by atoms with Crippen LogP contribution in [-0.2, 0) is 0 Å². The molecule has 0 bridgehead atoms. The Hall–Kier alpha value is -1.38. The maximum Gasteiger partial charge on any atom is 0.143 e. The summed E-state index contributed by atoms with van der Waals surface area (Å²) < 4.78 is 5.23. The van der Waals surface area contributed by atoms with Crippen molar-refractivity contribution in [3.05, 3.63) is 18.2 Å². The summed E-state index contributed by atoms with van der Waals surface area (Å²) in [6, 6.07) is 5.97. The van der Waals surface area contributed by atoms with Crippen molar-refractivity contribution in [2.75, 3.05) is 30.8 Å². The van der Waals surface area contributed by atoms with Crippen LogP contribution in [0.3, 0.4) is 0 Å². The zero-order valence-electron chi connectivity index (χ0n) is 10.5. The number of nitrogen functional groups attached to an aromatic ring is 1. The van der Waals surface area contributed by atoms with Crippen molar-refractivity contribution in [3.63, 3.8) is 0 Å². The lowest BCUT2D eigenvalue weighted by atomic mass is 10.2. The number of hydrogen-bond donors (Lipinski definition) is 1. The largest absolute Gasteiger partial charge is 0.495 e. The molecule has 0 spiro atoms. The molecule has 0 aliphatic rings. The first kappa shape index (κ1) is 12.7. The molecule has 0 fully saturated rings. The second-order valence-electron chi connectivity index (χ2n) is 3.86. The molecule has 3 heteroatoms. The van der Waals surface area contributed by atoms with Crippen LogP contribution in [0.1, 0.15) is 26.7 Å². The molecule has 16 heavy (non-hydrogen) atoms. The number of unbranched alkanes of at least 4 members (excludes halogenated alkanes) is 1. The van der Waals surface area contributed by atoms with Crippen LogP contribution in [0.2, 0.25) is 0 Å². The van der Waals surface area contributed by atoms with E-state index in [-0.39, 0.29) is 0 Å². The third kappa shape index (κ3) is 3.05. The Morgan fingerprint density at radius 3 is 2.62 bits per heavy atom. The van der Waals surface area contributed by atoms with E-state index in [1.165, 1.54) is 18.5 Å². The molecule has 2 N–H and O–H groups in total. The highest BCUT2D eigenvalue weighted by molar-refractivity contribution is 5.62. The molecule has 0 aromatic heterocycles. The summed E-state index contributed by atoms with van der Waals surface area (Å²) in [7, 11) is 1.65. The maximum atomic E-state index is 5.80. The van der Waals surface area contributed by atoms with Crippen LogP contribution in [0, 0.1) is 0 Å². The average Bonchev–Trinajstić information content (AvgIpc) is 2.32. The number of ether oxygens (including phenoxy) is 1. The van der Waals surface area contributed by atoms with Gasteiger partial charge in [0, 0.05) is 24.8 Å². The first-order valence-corrected chi connectivity index (χ1v) is 5.91. The van der Waals surface area contributed by atoms with Crippen LogP contribution >= 0.6 is 0 Å². The highest BCUT2D eigenvalue weighted by Crippen LogP contribution is 2.27. The molecule has 0 saturated carbocycles. The Bertz CT molecular complexity index is 326. The third-order valence-corrected chi connectivity index (χ3v) is 2.75. The van der Waals surface area contributed by atoms with Gasteiger partial charge in [-0.25, -0.2) is 0 Å². The second-order valence-corrected chi connectivity index (χ2v) is 3.86. The molecule has 0 atom stereocenters. The Labute approximate surface area is 98.2 Å². The van der Waals surface area contributed by atoms with E-state index in [1.807, 2.05) is 12.1 Å². The summed E-state index contributed by atoms with van der Waals surface area (Å²) in [5, 5.41) is 0. The van der Waals surface area contributed by atoms with Gasteiger partial charge in [0.1, 0.15) is 5.75 Å². The average molecular weight is 222 g/mol. The molecular weight excluding hydrogens is 200 g/mol. The number of anilines is 2. The molecule has 1 aromatic rings. The lowest BCUT2D eigenvalue weighted by Crippen LogP contribution is -2.23. The van der Waals surface area contributed by atoms with E-state index in [1.54, 1.807) is 7.11 Å². The topological polar surface area (TPSA) is 38.5 Å². The van der Waals surface area contributed by atoms with Crippen molar-refractivity contribution >= 4 is 11.4 Å². The maximum absolute atomic E-state index is 5.80. The summed E-state index contributed by atoms with van der Waals surface area (Å²) in [6.07, 6.45) is 2.42. The van der Waals surface area contributed by atoms with Gasteiger partial charge in [0.2, 0.25) is 0 Å². The molecule has 90 valence electrons. The smallest absolute Gasteiger partial charge is 0.143 e. The molecule has 1 aromatic carbocycles. The van der Waals surface area contributed by atoms with Gasteiger partial charge < -0.3 is 15.4 Å². The van der Waals surface area contributed by atoms with Crippen LogP contribution in [-0.4, -0.2) is 20.2 Å². The van der Waals surface area contributed by atoms with Crippen molar-refractivity contribution in [2.24, 2.45) is 0 Å².